The van der Waals surface area contributed by atoms with E-state index in [4.69, 9.17) is 4.52 Å². The fourth-order valence-corrected chi connectivity index (χ4v) is 1.88. The van der Waals surface area contributed by atoms with Crippen molar-refractivity contribution in [2.45, 2.75) is 32.8 Å². The molecular formula is C13H15N3O4. The van der Waals surface area contributed by atoms with E-state index in [1.807, 2.05) is 6.92 Å². The lowest BCUT2D eigenvalue weighted by Gasteiger charge is -2.01. The Bertz CT molecular complexity index is 624. The van der Waals surface area contributed by atoms with Gasteiger partial charge in [0.05, 0.1) is 4.92 Å². The predicted octanol–water partition coefficient (Wildman–Crippen LogP) is 2.79. The zero-order valence-electron chi connectivity index (χ0n) is 11.2. The lowest BCUT2D eigenvalue weighted by molar-refractivity contribution is -0.385. The number of aliphatic hydroxyl groups is 1. The molecule has 0 aliphatic rings. The van der Waals surface area contributed by atoms with Crippen LogP contribution in [0.3, 0.4) is 0 Å². The Morgan fingerprint density at radius 1 is 1.50 bits per heavy atom. The number of nitro groups is 1. The Morgan fingerprint density at radius 2 is 2.25 bits per heavy atom. The average molecular weight is 277 g/mol. The summed E-state index contributed by atoms with van der Waals surface area (Å²) in [5.74, 6) is 0.478. The molecule has 0 amide bonds. The Hall–Kier alpha value is -2.28. The van der Waals surface area contributed by atoms with Gasteiger partial charge in [0.15, 0.2) is 0 Å². The summed E-state index contributed by atoms with van der Waals surface area (Å²) in [5.41, 5.74) is 1.15. The molecule has 106 valence electrons. The molecule has 1 aromatic carbocycles. The number of aryl methyl sites for hydroxylation is 1. The molecule has 0 saturated heterocycles. The zero-order valence-corrected chi connectivity index (χ0v) is 11.2. The maximum Gasteiger partial charge on any atom is 0.272 e. The van der Waals surface area contributed by atoms with Crippen LogP contribution >= 0.6 is 0 Å². The highest BCUT2D eigenvalue weighted by Crippen LogP contribution is 2.26. The van der Waals surface area contributed by atoms with Crippen LogP contribution in [-0.4, -0.2) is 20.2 Å². The minimum absolute atomic E-state index is 0.0412. The van der Waals surface area contributed by atoms with Crippen LogP contribution in [0.5, 0.6) is 0 Å². The Morgan fingerprint density at radius 3 is 2.85 bits per heavy atom. The first-order valence-corrected chi connectivity index (χ1v) is 6.30. The van der Waals surface area contributed by atoms with E-state index in [1.165, 1.54) is 6.07 Å². The molecule has 0 aliphatic carbocycles. The van der Waals surface area contributed by atoms with Crippen LogP contribution in [0.15, 0.2) is 22.7 Å². The number of aromatic nitrogens is 2. The van der Waals surface area contributed by atoms with E-state index in [2.05, 4.69) is 10.1 Å². The van der Waals surface area contributed by atoms with Crippen molar-refractivity contribution in [2.24, 2.45) is 0 Å². The molecule has 7 heteroatoms. The number of benzene rings is 1. The standard InChI is InChI=1S/C13H15N3O4/c1-3-4-11(17)12-14-13(20-15-12)9-5-6-10(16(18)19)8(2)7-9/h5-7,11,17H,3-4H2,1-2H3. The van der Waals surface area contributed by atoms with Crippen LogP contribution in [0.1, 0.15) is 37.3 Å². The molecule has 20 heavy (non-hydrogen) atoms. The van der Waals surface area contributed by atoms with E-state index < -0.39 is 11.0 Å². The SMILES string of the molecule is CCCC(O)c1noc(-c2ccc([N+](=O)[O-])c(C)c2)n1. The molecule has 0 aliphatic heterocycles. The smallest absolute Gasteiger partial charge is 0.272 e. The normalized spacial score (nSPS) is 12.3. The third-order valence-corrected chi connectivity index (χ3v) is 2.94. The molecule has 1 aromatic heterocycles. The first-order valence-electron chi connectivity index (χ1n) is 6.30. The number of hydrogen-bond donors (Lipinski definition) is 1. The van der Waals surface area contributed by atoms with Gasteiger partial charge >= 0.3 is 0 Å². The highest BCUT2D eigenvalue weighted by atomic mass is 16.6. The molecule has 2 aromatic rings. The van der Waals surface area contributed by atoms with E-state index >= 15 is 0 Å². The molecule has 1 N–H and O–H groups in total. The second-order valence-electron chi connectivity index (χ2n) is 4.52. The summed E-state index contributed by atoms with van der Waals surface area (Å²) in [4.78, 5) is 14.4. The minimum atomic E-state index is -0.753. The van der Waals surface area contributed by atoms with Gasteiger partial charge in [-0.15, -0.1) is 0 Å². The van der Waals surface area contributed by atoms with Gasteiger partial charge in [-0.2, -0.15) is 4.98 Å². The van der Waals surface area contributed by atoms with Crippen LogP contribution in [0.4, 0.5) is 5.69 Å². The second kappa shape index (κ2) is 5.79. The average Bonchev–Trinajstić information content (AvgIpc) is 2.88. The Kier molecular flexibility index (Phi) is 4.09. The zero-order chi connectivity index (χ0) is 14.7. The van der Waals surface area contributed by atoms with Crippen molar-refractivity contribution in [1.82, 2.24) is 10.1 Å². The molecular weight excluding hydrogens is 262 g/mol. The molecule has 0 saturated carbocycles. The molecule has 1 unspecified atom stereocenters. The molecule has 0 radical (unpaired) electrons. The van der Waals surface area contributed by atoms with Crippen LogP contribution in [0.25, 0.3) is 11.5 Å². The summed E-state index contributed by atoms with van der Waals surface area (Å²) in [6.07, 6.45) is 0.608. The molecule has 0 spiro atoms. The van der Waals surface area contributed by atoms with Gasteiger partial charge in [-0.3, -0.25) is 10.1 Å². The fourth-order valence-electron chi connectivity index (χ4n) is 1.88. The molecule has 1 atom stereocenters. The molecule has 0 bridgehead atoms. The topological polar surface area (TPSA) is 102 Å². The van der Waals surface area contributed by atoms with Gasteiger partial charge in [-0.1, -0.05) is 18.5 Å². The van der Waals surface area contributed by atoms with Gasteiger partial charge in [0.2, 0.25) is 5.82 Å². The van der Waals surface area contributed by atoms with Gasteiger partial charge in [-0.05, 0) is 25.5 Å². The number of rotatable bonds is 5. The van der Waals surface area contributed by atoms with Gasteiger partial charge in [0.1, 0.15) is 6.10 Å². The van der Waals surface area contributed by atoms with Gasteiger partial charge in [0.25, 0.3) is 11.6 Å². The molecule has 7 nitrogen and oxygen atoms in total. The van der Waals surface area contributed by atoms with E-state index in [0.29, 0.717) is 17.5 Å². The lowest BCUT2D eigenvalue weighted by Crippen LogP contribution is -1.98. The predicted molar refractivity (Wildman–Crippen MR) is 71.0 cm³/mol. The van der Waals surface area contributed by atoms with E-state index in [0.717, 1.165) is 6.42 Å². The number of hydrogen-bond acceptors (Lipinski definition) is 6. The lowest BCUT2D eigenvalue weighted by atomic mass is 10.1. The minimum Gasteiger partial charge on any atom is -0.385 e. The van der Waals surface area contributed by atoms with Crippen LogP contribution in [0, 0.1) is 17.0 Å². The highest BCUT2D eigenvalue weighted by molar-refractivity contribution is 5.58. The first kappa shape index (κ1) is 14.1. The third kappa shape index (κ3) is 2.83. The quantitative estimate of drug-likeness (QED) is 0.665. The van der Waals surface area contributed by atoms with Crippen molar-refractivity contribution < 1.29 is 14.6 Å². The molecule has 0 fully saturated rings. The number of aliphatic hydroxyl groups excluding tert-OH is 1. The van der Waals surface area contributed by atoms with Gasteiger partial charge < -0.3 is 9.63 Å². The van der Waals surface area contributed by atoms with E-state index in [-0.39, 0.29) is 17.4 Å². The van der Waals surface area contributed by atoms with Crippen molar-refractivity contribution in [3.05, 3.63) is 39.7 Å². The second-order valence-corrected chi connectivity index (χ2v) is 4.52. The van der Waals surface area contributed by atoms with Crippen molar-refractivity contribution >= 4 is 5.69 Å². The van der Waals surface area contributed by atoms with Crippen LogP contribution in [0.2, 0.25) is 0 Å². The number of nitro benzene ring substituents is 1. The van der Waals surface area contributed by atoms with Crippen LogP contribution < -0.4 is 0 Å². The van der Waals surface area contributed by atoms with Crippen molar-refractivity contribution in [3.63, 3.8) is 0 Å². The largest absolute Gasteiger partial charge is 0.385 e. The summed E-state index contributed by atoms with van der Waals surface area (Å²) < 4.78 is 5.08. The third-order valence-electron chi connectivity index (χ3n) is 2.94. The van der Waals surface area contributed by atoms with Gasteiger partial charge in [0, 0.05) is 17.2 Å². The summed E-state index contributed by atoms with van der Waals surface area (Å²) in [6, 6.07) is 4.56. The first-order chi connectivity index (χ1) is 9.52. The Labute approximate surface area is 115 Å². The van der Waals surface area contributed by atoms with Crippen LogP contribution in [-0.2, 0) is 0 Å². The van der Waals surface area contributed by atoms with Crippen molar-refractivity contribution in [3.8, 4) is 11.5 Å². The summed E-state index contributed by atoms with van der Waals surface area (Å²) in [5, 5.41) is 24.3. The Balaban J connectivity index is 2.28. The van der Waals surface area contributed by atoms with E-state index in [9.17, 15) is 15.2 Å². The van der Waals surface area contributed by atoms with E-state index in [1.54, 1.807) is 19.1 Å². The maximum atomic E-state index is 10.8. The number of nitrogens with zero attached hydrogens (tertiary/aromatic N) is 3. The molecule has 2 rings (SSSR count). The summed E-state index contributed by atoms with van der Waals surface area (Å²) >= 11 is 0. The van der Waals surface area contributed by atoms with Gasteiger partial charge in [-0.25, -0.2) is 0 Å². The highest BCUT2D eigenvalue weighted by Gasteiger charge is 2.17. The summed E-state index contributed by atoms with van der Waals surface area (Å²) in [6.45, 7) is 3.59. The maximum absolute atomic E-state index is 10.8. The summed E-state index contributed by atoms with van der Waals surface area (Å²) in [7, 11) is 0. The monoisotopic (exact) mass is 277 g/mol. The molecule has 1 heterocycles. The van der Waals surface area contributed by atoms with Crippen molar-refractivity contribution in [2.75, 3.05) is 0 Å². The fraction of sp³-hybridized carbons (Fsp3) is 0.385. The van der Waals surface area contributed by atoms with Crippen molar-refractivity contribution in [1.29, 1.82) is 0 Å².